The number of benzene rings is 1. The molecule has 216 valence electrons. The fraction of sp³-hybridized carbons (Fsp3) is 0.630. The van der Waals surface area contributed by atoms with E-state index in [0.29, 0.717) is 11.1 Å². The standard InChI is InChI=1S/C18H22N4O7.C5H12.2C2H6/c1-10-2-3-11(13(4-10)22(26)27)8-28-9-12-6-21(18(25)20-17(12)19)16-5-14(24)15(7-23)29-16;1-3-5-4-2;2*1-2/h2-4,6,14-16,23-24H,5,7-9H2,1H3,(H2,19,20,25);3-5H2,1-2H3;2*1-2H3/t14-,15?,16?;;;/m1.../s1. The summed E-state index contributed by atoms with van der Waals surface area (Å²) in [6, 6.07) is 4.84. The number of unbranched alkanes of at least 4 members (excludes halogenated alkanes) is 2. The Kier molecular flexibility index (Phi) is 17.8. The van der Waals surface area contributed by atoms with Crippen molar-refractivity contribution in [2.24, 2.45) is 0 Å². The number of hydrogen-bond donors (Lipinski definition) is 3. The number of nitrogen functional groups attached to an aromatic ring is 1. The maximum Gasteiger partial charge on any atom is 0.351 e. The summed E-state index contributed by atoms with van der Waals surface area (Å²) in [5.41, 5.74) is 6.68. The minimum Gasteiger partial charge on any atom is -0.394 e. The van der Waals surface area contributed by atoms with Crippen molar-refractivity contribution in [3.8, 4) is 0 Å². The summed E-state index contributed by atoms with van der Waals surface area (Å²) in [5, 5.41) is 30.3. The summed E-state index contributed by atoms with van der Waals surface area (Å²) >= 11 is 0. The zero-order valence-electron chi connectivity index (χ0n) is 23.8. The van der Waals surface area contributed by atoms with Crippen LogP contribution in [0.4, 0.5) is 11.5 Å². The molecule has 1 aromatic heterocycles. The van der Waals surface area contributed by atoms with Crippen LogP contribution in [0.15, 0.2) is 29.2 Å². The predicted molar refractivity (Wildman–Crippen MR) is 149 cm³/mol. The Labute approximate surface area is 225 Å². The van der Waals surface area contributed by atoms with E-state index in [1.165, 1.54) is 36.1 Å². The number of anilines is 1. The van der Waals surface area contributed by atoms with Gasteiger partial charge in [0.1, 0.15) is 18.1 Å². The minimum atomic E-state index is -0.906. The first-order valence-corrected chi connectivity index (χ1v) is 13.3. The summed E-state index contributed by atoms with van der Waals surface area (Å²) < 4.78 is 12.2. The number of nitro benzene ring substituents is 1. The number of rotatable bonds is 9. The number of aromatic nitrogens is 2. The van der Waals surface area contributed by atoms with Crippen LogP contribution in [0.2, 0.25) is 0 Å². The Morgan fingerprint density at radius 3 is 2.29 bits per heavy atom. The Bertz CT molecular complexity index is 1010. The average Bonchev–Trinajstić information content (AvgIpc) is 3.29. The highest BCUT2D eigenvalue weighted by molar-refractivity contribution is 5.42. The summed E-state index contributed by atoms with van der Waals surface area (Å²) in [4.78, 5) is 26.6. The second kappa shape index (κ2) is 19.2. The van der Waals surface area contributed by atoms with Crippen molar-refractivity contribution in [1.82, 2.24) is 9.55 Å². The lowest BCUT2D eigenvalue weighted by Gasteiger charge is -2.16. The van der Waals surface area contributed by atoms with E-state index in [1.807, 2.05) is 27.7 Å². The Balaban J connectivity index is 0.00000134. The fourth-order valence-corrected chi connectivity index (χ4v) is 3.48. The second-order valence-electron chi connectivity index (χ2n) is 8.19. The smallest absolute Gasteiger partial charge is 0.351 e. The topological polar surface area (TPSA) is 163 Å². The minimum absolute atomic E-state index is 0.0260. The number of hydrogen-bond acceptors (Lipinski definition) is 9. The number of ether oxygens (including phenoxy) is 2. The third kappa shape index (κ3) is 10.9. The first kappa shape index (κ1) is 35.1. The Hall–Kier alpha value is -2.86. The van der Waals surface area contributed by atoms with Crippen LogP contribution in [0.1, 0.15) is 90.1 Å². The van der Waals surface area contributed by atoms with Crippen molar-refractivity contribution in [2.45, 2.75) is 106 Å². The predicted octanol–water partition coefficient (Wildman–Crippen LogP) is 4.65. The Morgan fingerprint density at radius 1 is 1.18 bits per heavy atom. The van der Waals surface area contributed by atoms with E-state index in [9.17, 15) is 25.1 Å². The van der Waals surface area contributed by atoms with Crippen LogP contribution < -0.4 is 11.4 Å². The molecule has 11 nitrogen and oxygen atoms in total. The molecular formula is C27H46N4O7. The molecular weight excluding hydrogens is 492 g/mol. The zero-order chi connectivity index (χ0) is 29.3. The molecule has 2 heterocycles. The molecule has 1 saturated heterocycles. The van der Waals surface area contributed by atoms with E-state index >= 15 is 0 Å². The molecule has 0 amide bonds. The van der Waals surface area contributed by atoms with E-state index in [0.717, 1.165) is 5.56 Å². The molecule has 0 spiro atoms. The average molecular weight is 539 g/mol. The molecule has 3 atom stereocenters. The number of aliphatic hydroxyl groups excluding tert-OH is 2. The SMILES string of the molecule is CC.CC.CCCCC.Cc1ccc(COCc2cn(C3C[C@@H](O)C(CO)O3)c(=O)nc2N)c([N+](=O)[O-])c1. The summed E-state index contributed by atoms with van der Waals surface area (Å²) in [7, 11) is 0. The van der Waals surface area contributed by atoms with Gasteiger partial charge in [-0.05, 0) is 18.6 Å². The van der Waals surface area contributed by atoms with Crippen molar-refractivity contribution in [2.75, 3.05) is 12.3 Å². The molecule has 0 saturated carbocycles. The molecule has 1 aliphatic rings. The molecule has 4 N–H and O–H groups in total. The lowest BCUT2D eigenvalue weighted by molar-refractivity contribution is -0.386. The van der Waals surface area contributed by atoms with Gasteiger partial charge >= 0.3 is 5.69 Å². The highest BCUT2D eigenvalue weighted by atomic mass is 16.6. The largest absolute Gasteiger partial charge is 0.394 e. The summed E-state index contributed by atoms with van der Waals surface area (Å²) in [6.45, 7) is 13.7. The van der Waals surface area contributed by atoms with Gasteiger partial charge in [0.25, 0.3) is 5.69 Å². The van der Waals surface area contributed by atoms with Crippen molar-refractivity contribution in [3.63, 3.8) is 0 Å². The maximum atomic E-state index is 12.2. The number of nitrogens with zero attached hydrogens (tertiary/aromatic N) is 3. The van der Waals surface area contributed by atoms with Gasteiger partial charge in [-0.15, -0.1) is 0 Å². The van der Waals surface area contributed by atoms with Crippen LogP contribution in [-0.2, 0) is 22.7 Å². The molecule has 1 fully saturated rings. The number of aryl methyl sites for hydroxylation is 1. The molecule has 1 aliphatic heterocycles. The summed E-state index contributed by atoms with van der Waals surface area (Å²) in [5.74, 6) is -0.0260. The van der Waals surface area contributed by atoms with E-state index in [-0.39, 0.29) is 37.7 Å². The van der Waals surface area contributed by atoms with Gasteiger partial charge in [-0.3, -0.25) is 14.7 Å². The number of nitro groups is 1. The van der Waals surface area contributed by atoms with Crippen molar-refractivity contribution < 1.29 is 24.6 Å². The first-order valence-electron chi connectivity index (χ1n) is 13.3. The van der Waals surface area contributed by atoms with Crippen LogP contribution in [0, 0.1) is 17.0 Å². The third-order valence-corrected chi connectivity index (χ3v) is 5.41. The molecule has 2 unspecified atom stereocenters. The molecule has 3 rings (SSSR count). The third-order valence-electron chi connectivity index (χ3n) is 5.41. The lowest BCUT2D eigenvalue weighted by Crippen LogP contribution is -2.29. The summed E-state index contributed by atoms with van der Waals surface area (Å²) in [6.07, 6.45) is 3.13. The van der Waals surface area contributed by atoms with Crippen LogP contribution in [0.3, 0.4) is 0 Å². The van der Waals surface area contributed by atoms with Crippen LogP contribution in [-0.4, -0.2) is 43.5 Å². The van der Waals surface area contributed by atoms with Gasteiger partial charge in [-0.25, -0.2) is 4.79 Å². The highest BCUT2D eigenvalue weighted by Gasteiger charge is 2.35. The normalized spacial score (nSPS) is 17.8. The van der Waals surface area contributed by atoms with E-state index in [2.05, 4.69) is 18.8 Å². The van der Waals surface area contributed by atoms with Gasteiger partial charge in [-0.2, -0.15) is 4.98 Å². The lowest BCUT2D eigenvalue weighted by atomic mass is 10.1. The van der Waals surface area contributed by atoms with Crippen molar-refractivity contribution in [1.29, 1.82) is 0 Å². The first-order chi connectivity index (χ1) is 18.2. The molecule has 2 aromatic rings. The van der Waals surface area contributed by atoms with Crippen molar-refractivity contribution in [3.05, 3.63) is 61.7 Å². The number of nitrogens with two attached hydrogens (primary N) is 1. The Morgan fingerprint density at radius 2 is 1.79 bits per heavy atom. The second-order valence-corrected chi connectivity index (χ2v) is 8.19. The van der Waals surface area contributed by atoms with Crippen LogP contribution in [0.5, 0.6) is 0 Å². The molecule has 38 heavy (non-hydrogen) atoms. The van der Waals surface area contributed by atoms with Gasteiger partial charge in [-0.1, -0.05) is 66.9 Å². The number of aliphatic hydroxyl groups is 2. The van der Waals surface area contributed by atoms with Gasteiger partial charge < -0.3 is 25.4 Å². The molecule has 11 heteroatoms. The monoisotopic (exact) mass is 538 g/mol. The molecule has 1 aromatic carbocycles. The van der Waals surface area contributed by atoms with Crippen molar-refractivity contribution >= 4 is 11.5 Å². The van der Waals surface area contributed by atoms with Gasteiger partial charge in [0.15, 0.2) is 0 Å². The van der Waals surface area contributed by atoms with Gasteiger partial charge in [0, 0.05) is 24.2 Å². The van der Waals surface area contributed by atoms with E-state index in [1.54, 1.807) is 19.1 Å². The van der Waals surface area contributed by atoms with Crippen LogP contribution >= 0.6 is 0 Å². The fourth-order valence-electron chi connectivity index (χ4n) is 3.48. The van der Waals surface area contributed by atoms with Gasteiger partial charge in [0.05, 0.1) is 36.4 Å². The molecule has 0 aliphatic carbocycles. The van der Waals surface area contributed by atoms with Gasteiger partial charge in [0.2, 0.25) is 0 Å². The maximum absolute atomic E-state index is 12.2. The van der Waals surface area contributed by atoms with Crippen LogP contribution in [0.25, 0.3) is 0 Å². The molecule has 0 radical (unpaired) electrons. The van der Waals surface area contributed by atoms with E-state index < -0.39 is 29.0 Å². The quantitative estimate of drug-likeness (QED) is 0.304. The zero-order valence-corrected chi connectivity index (χ0v) is 23.8. The van der Waals surface area contributed by atoms with E-state index in [4.69, 9.17) is 15.2 Å². The highest BCUT2D eigenvalue weighted by Crippen LogP contribution is 2.28. The molecule has 0 bridgehead atoms.